The molecule has 0 aliphatic carbocycles. The van der Waals surface area contributed by atoms with Crippen LogP contribution in [0.2, 0.25) is 0 Å². The van der Waals surface area contributed by atoms with Gasteiger partial charge in [-0.05, 0) is 24.5 Å². The summed E-state index contributed by atoms with van der Waals surface area (Å²) >= 11 is 0. The summed E-state index contributed by atoms with van der Waals surface area (Å²) in [6.45, 7) is 4.04. The Balaban J connectivity index is 1.63. The number of imidazole rings is 1. The van der Waals surface area contributed by atoms with Crippen LogP contribution < -0.4 is 10.2 Å². The Hall–Kier alpha value is -1.81. The molecule has 0 amide bonds. The number of rotatable bonds is 5. The van der Waals surface area contributed by atoms with Gasteiger partial charge in [-0.2, -0.15) is 0 Å². The molecule has 1 aromatic carbocycles. The highest BCUT2D eigenvalue weighted by atomic mass is 15.1. The lowest BCUT2D eigenvalue weighted by Crippen LogP contribution is -2.21. The molecule has 0 bridgehead atoms. The summed E-state index contributed by atoms with van der Waals surface area (Å²) in [4.78, 5) is 9.82. The van der Waals surface area contributed by atoms with Gasteiger partial charge >= 0.3 is 0 Å². The quantitative estimate of drug-likeness (QED) is 0.862. The highest BCUT2D eigenvalue weighted by Crippen LogP contribution is 2.24. The third-order valence-electron chi connectivity index (χ3n) is 3.60. The largest absolute Gasteiger partial charge is 0.371 e. The van der Waals surface area contributed by atoms with Crippen molar-refractivity contribution in [3.63, 3.8) is 0 Å². The second-order valence-corrected chi connectivity index (χ2v) is 4.96. The smallest absolute Gasteiger partial charge is 0.120 e. The molecule has 4 heteroatoms. The Kier molecular flexibility index (Phi) is 3.79. The van der Waals surface area contributed by atoms with Crippen LogP contribution in [0.15, 0.2) is 36.7 Å². The number of H-pyrrole nitrogens is 1. The van der Waals surface area contributed by atoms with E-state index in [2.05, 4.69) is 44.5 Å². The molecule has 19 heavy (non-hydrogen) atoms. The van der Waals surface area contributed by atoms with Gasteiger partial charge in [-0.3, -0.25) is 0 Å². The van der Waals surface area contributed by atoms with E-state index in [9.17, 15) is 0 Å². The van der Waals surface area contributed by atoms with E-state index in [0.717, 1.165) is 18.9 Å². The zero-order valence-electron chi connectivity index (χ0n) is 11.1. The lowest BCUT2D eigenvalue weighted by atomic mass is 10.1. The Morgan fingerprint density at radius 2 is 2.00 bits per heavy atom. The minimum absolute atomic E-state index is 0.779. The Labute approximate surface area is 113 Å². The van der Waals surface area contributed by atoms with Crippen LogP contribution in [0, 0.1) is 0 Å². The van der Waals surface area contributed by atoms with Crippen molar-refractivity contribution >= 4 is 5.69 Å². The lowest BCUT2D eigenvalue weighted by molar-refractivity contribution is 0.667. The predicted octanol–water partition coefficient (Wildman–Crippen LogP) is 2.30. The summed E-state index contributed by atoms with van der Waals surface area (Å²) in [6, 6.07) is 8.69. The molecule has 2 aromatic rings. The molecule has 0 unspecified atom stereocenters. The molecule has 0 saturated carbocycles. The van der Waals surface area contributed by atoms with Crippen LogP contribution in [0.4, 0.5) is 5.69 Å². The number of para-hydroxylation sites is 1. The maximum absolute atomic E-state index is 4.22. The van der Waals surface area contributed by atoms with Crippen molar-refractivity contribution in [3.05, 3.63) is 48.0 Å². The maximum Gasteiger partial charge on any atom is 0.120 e. The summed E-state index contributed by atoms with van der Waals surface area (Å²) in [5, 5.41) is 3.45. The van der Waals surface area contributed by atoms with Gasteiger partial charge in [0.1, 0.15) is 5.82 Å². The molecular formula is C15H20N4. The van der Waals surface area contributed by atoms with Gasteiger partial charge in [-0.1, -0.05) is 18.2 Å². The van der Waals surface area contributed by atoms with Gasteiger partial charge in [0, 0.05) is 37.7 Å². The van der Waals surface area contributed by atoms with E-state index in [1.165, 1.54) is 37.2 Å². The number of hydrogen-bond acceptors (Lipinski definition) is 3. The van der Waals surface area contributed by atoms with Gasteiger partial charge in [0.25, 0.3) is 0 Å². The first-order valence-corrected chi connectivity index (χ1v) is 6.95. The number of benzene rings is 1. The van der Waals surface area contributed by atoms with Crippen LogP contribution in [0.5, 0.6) is 0 Å². The zero-order chi connectivity index (χ0) is 12.9. The number of nitrogens with one attached hydrogen (secondary N) is 2. The van der Waals surface area contributed by atoms with E-state index in [1.54, 1.807) is 6.20 Å². The molecule has 100 valence electrons. The first kappa shape index (κ1) is 12.2. The lowest BCUT2D eigenvalue weighted by Gasteiger charge is -2.21. The highest BCUT2D eigenvalue weighted by molar-refractivity contribution is 5.54. The molecule has 0 spiro atoms. The SMILES string of the molecule is c1ccc(N2CCCC2)c(CNCc2ncc[nH]2)c1. The number of hydrogen-bond donors (Lipinski definition) is 2. The molecule has 1 fully saturated rings. The third-order valence-corrected chi connectivity index (χ3v) is 3.60. The molecule has 3 rings (SSSR count). The van der Waals surface area contributed by atoms with Crippen molar-refractivity contribution in [3.8, 4) is 0 Å². The first-order valence-electron chi connectivity index (χ1n) is 6.95. The average molecular weight is 256 g/mol. The average Bonchev–Trinajstić information content (AvgIpc) is 3.12. The van der Waals surface area contributed by atoms with Crippen LogP contribution in [-0.2, 0) is 13.1 Å². The van der Waals surface area contributed by atoms with Crippen LogP contribution in [0.3, 0.4) is 0 Å². The normalized spacial score (nSPS) is 15.1. The molecule has 0 radical (unpaired) electrons. The fourth-order valence-electron chi connectivity index (χ4n) is 2.64. The van der Waals surface area contributed by atoms with Crippen molar-refractivity contribution in [2.75, 3.05) is 18.0 Å². The highest BCUT2D eigenvalue weighted by Gasteiger charge is 2.14. The number of nitrogens with zero attached hydrogens (tertiary/aromatic N) is 2. The second kappa shape index (κ2) is 5.89. The third kappa shape index (κ3) is 2.96. The number of anilines is 1. The predicted molar refractivity (Wildman–Crippen MR) is 77.0 cm³/mol. The molecule has 2 heterocycles. The molecule has 0 atom stereocenters. The van der Waals surface area contributed by atoms with Crippen molar-refractivity contribution in [1.29, 1.82) is 0 Å². The zero-order valence-corrected chi connectivity index (χ0v) is 11.1. The van der Waals surface area contributed by atoms with Crippen LogP contribution in [0.1, 0.15) is 24.2 Å². The van der Waals surface area contributed by atoms with Crippen molar-refractivity contribution < 1.29 is 0 Å². The fourth-order valence-corrected chi connectivity index (χ4v) is 2.64. The molecule has 2 N–H and O–H groups in total. The van der Waals surface area contributed by atoms with Crippen molar-refractivity contribution in [2.24, 2.45) is 0 Å². The molecule has 1 aliphatic rings. The standard InChI is InChI=1S/C15H20N4/c1-2-6-14(19-9-3-4-10-19)13(5-1)11-16-12-15-17-7-8-18-15/h1-2,5-8,16H,3-4,9-12H2,(H,17,18). The Bertz CT molecular complexity index is 501. The van der Waals surface area contributed by atoms with E-state index in [4.69, 9.17) is 0 Å². The summed E-state index contributed by atoms with van der Waals surface area (Å²) in [5.41, 5.74) is 2.75. The van der Waals surface area contributed by atoms with Gasteiger partial charge in [-0.25, -0.2) is 4.98 Å². The van der Waals surface area contributed by atoms with E-state index >= 15 is 0 Å². The Morgan fingerprint density at radius 1 is 1.16 bits per heavy atom. The molecular weight excluding hydrogens is 236 g/mol. The summed E-state index contributed by atoms with van der Waals surface area (Å²) < 4.78 is 0. The number of aromatic amines is 1. The van der Waals surface area contributed by atoms with Crippen LogP contribution in [0.25, 0.3) is 0 Å². The summed E-state index contributed by atoms with van der Waals surface area (Å²) in [5.74, 6) is 0.985. The van der Waals surface area contributed by atoms with E-state index in [1.807, 2.05) is 6.20 Å². The van der Waals surface area contributed by atoms with Crippen LogP contribution >= 0.6 is 0 Å². The first-order chi connectivity index (χ1) is 9.43. The topological polar surface area (TPSA) is 44.0 Å². The summed E-state index contributed by atoms with van der Waals surface area (Å²) in [7, 11) is 0. The fraction of sp³-hybridized carbons (Fsp3) is 0.400. The minimum atomic E-state index is 0.779. The Morgan fingerprint density at radius 3 is 2.79 bits per heavy atom. The molecule has 1 saturated heterocycles. The van der Waals surface area contributed by atoms with Gasteiger partial charge in [0.2, 0.25) is 0 Å². The van der Waals surface area contributed by atoms with Gasteiger partial charge in [0.15, 0.2) is 0 Å². The van der Waals surface area contributed by atoms with Gasteiger partial charge < -0.3 is 15.2 Å². The molecule has 1 aromatic heterocycles. The van der Waals surface area contributed by atoms with Gasteiger partial charge in [-0.15, -0.1) is 0 Å². The van der Waals surface area contributed by atoms with E-state index < -0.39 is 0 Å². The summed E-state index contributed by atoms with van der Waals surface area (Å²) in [6.07, 6.45) is 6.27. The number of aromatic nitrogens is 2. The maximum atomic E-state index is 4.22. The van der Waals surface area contributed by atoms with Crippen LogP contribution in [-0.4, -0.2) is 23.1 Å². The van der Waals surface area contributed by atoms with Crippen molar-refractivity contribution in [2.45, 2.75) is 25.9 Å². The molecule has 4 nitrogen and oxygen atoms in total. The minimum Gasteiger partial charge on any atom is -0.371 e. The van der Waals surface area contributed by atoms with Gasteiger partial charge in [0.05, 0.1) is 6.54 Å². The molecule has 1 aliphatic heterocycles. The van der Waals surface area contributed by atoms with E-state index in [-0.39, 0.29) is 0 Å². The van der Waals surface area contributed by atoms with Crippen molar-refractivity contribution in [1.82, 2.24) is 15.3 Å². The monoisotopic (exact) mass is 256 g/mol. The second-order valence-electron chi connectivity index (χ2n) is 4.96. The van der Waals surface area contributed by atoms with E-state index in [0.29, 0.717) is 0 Å².